The van der Waals surface area contributed by atoms with Crippen LogP contribution < -0.4 is 21.4 Å². The molecule has 0 aliphatic heterocycles. The molecule has 2 rings (SSSR count). The van der Waals surface area contributed by atoms with Crippen molar-refractivity contribution in [2.45, 2.75) is 46.0 Å². The summed E-state index contributed by atoms with van der Waals surface area (Å²) in [5.41, 5.74) is 2.19. The Kier molecular flexibility index (Phi) is 11.2. The van der Waals surface area contributed by atoms with Crippen molar-refractivity contribution in [2.24, 2.45) is 5.92 Å². The number of carbonyl (C=O) groups is 3. The maximum Gasteiger partial charge on any atom is 0.288 e. The van der Waals surface area contributed by atoms with E-state index < -0.39 is 25.1 Å². The van der Waals surface area contributed by atoms with Gasteiger partial charge in [-0.2, -0.15) is 0 Å². The van der Waals surface area contributed by atoms with Crippen LogP contribution in [0.25, 0.3) is 11.3 Å². The first-order valence-electron chi connectivity index (χ1n) is 11.6. The van der Waals surface area contributed by atoms with Crippen LogP contribution >= 0.6 is 7.37 Å². The predicted molar refractivity (Wildman–Crippen MR) is 132 cm³/mol. The van der Waals surface area contributed by atoms with Gasteiger partial charge in [-0.3, -0.25) is 24.2 Å². The highest BCUT2D eigenvalue weighted by Crippen LogP contribution is 2.41. The Bertz CT molecular complexity index is 1050. The first-order valence-corrected chi connectivity index (χ1v) is 13.7. The van der Waals surface area contributed by atoms with E-state index in [0.717, 1.165) is 19.3 Å². The van der Waals surface area contributed by atoms with Crippen molar-refractivity contribution in [1.29, 1.82) is 0 Å². The largest absolute Gasteiger partial charge is 0.451 e. The molecule has 2 atom stereocenters. The SMILES string of the molecule is CCCCC[C@H](CC(=O)NO)C(=O)NCNC(=O)c1ccc(-c2cccc(P(C)(=O)OCC)c2)o1. The summed E-state index contributed by atoms with van der Waals surface area (Å²) in [5.74, 6) is -1.70. The van der Waals surface area contributed by atoms with Crippen LogP contribution in [0.15, 0.2) is 40.8 Å². The minimum Gasteiger partial charge on any atom is -0.451 e. The maximum absolute atomic E-state index is 12.7. The molecule has 0 saturated heterocycles. The highest BCUT2D eigenvalue weighted by atomic mass is 31.2. The minimum absolute atomic E-state index is 0.0447. The van der Waals surface area contributed by atoms with Crippen molar-refractivity contribution in [3.63, 3.8) is 0 Å². The van der Waals surface area contributed by atoms with Crippen molar-refractivity contribution in [3.8, 4) is 11.3 Å². The molecule has 0 aliphatic carbocycles. The van der Waals surface area contributed by atoms with E-state index in [2.05, 4.69) is 10.6 Å². The lowest BCUT2D eigenvalue weighted by atomic mass is 9.96. The average Bonchev–Trinajstić information content (AvgIpc) is 3.34. The minimum atomic E-state index is -2.96. The highest BCUT2D eigenvalue weighted by molar-refractivity contribution is 7.66. The summed E-state index contributed by atoms with van der Waals surface area (Å²) in [6.07, 6.45) is 3.01. The first-order chi connectivity index (χ1) is 16.7. The van der Waals surface area contributed by atoms with Gasteiger partial charge >= 0.3 is 0 Å². The third-order valence-electron chi connectivity index (χ3n) is 5.40. The smallest absolute Gasteiger partial charge is 0.288 e. The van der Waals surface area contributed by atoms with Gasteiger partial charge in [-0.25, -0.2) is 5.48 Å². The Hall–Kier alpha value is -2.94. The van der Waals surface area contributed by atoms with Crippen LogP contribution in [0.4, 0.5) is 0 Å². The zero-order valence-electron chi connectivity index (χ0n) is 20.3. The molecule has 35 heavy (non-hydrogen) atoms. The summed E-state index contributed by atoms with van der Waals surface area (Å²) in [5, 5.41) is 14.5. The van der Waals surface area contributed by atoms with Gasteiger partial charge < -0.3 is 19.6 Å². The molecule has 0 radical (unpaired) electrons. The Balaban J connectivity index is 1.96. The van der Waals surface area contributed by atoms with Gasteiger partial charge in [0.05, 0.1) is 13.3 Å². The van der Waals surface area contributed by atoms with E-state index in [1.165, 1.54) is 6.07 Å². The summed E-state index contributed by atoms with van der Waals surface area (Å²) in [7, 11) is -2.96. The molecule has 3 amide bonds. The lowest BCUT2D eigenvalue weighted by molar-refractivity contribution is -0.135. The third kappa shape index (κ3) is 8.65. The second-order valence-electron chi connectivity index (χ2n) is 8.13. The molecule has 11 heteroatoms. The molecule has 1 unspecified atom stereocenters. The van der Waals surface area contributed by atoms with E-state index in [-0.39, 0.29) is 24.8 Å². The molecule has 4 N–H and O–H groups in total. The number of amides is 3. The number of furan rings is 1. The van der Waals surface area contributed by atoms with Crippen LogP contribution in [0.1, 0.15) is 56.5 Å². The van der Waals surface area contributed by atoms with Crippen LogP contribution in [-0.4, -0.2) is 42.9 Å². The van der Waals surface area contributed by atoms with Gasteiger partial charge in [0.1, 0.15) is 5.76 Å². The predicted octanol–water partition coefficient (Wildman–Crippen LogP) is 3.41. The van der Waals surface area contributed by atoms with E-state index in [1.54, 1.807) is 49.4 Å². The second kappa shape index (κ2) is 13.8. The van der Waals surface area contributed by atoms with E-state index in [9.17, 15) is 18.9 Å². The Morgan fingerprint density at radius 3 is 2.57 bits per heavy atom. The van der Waals surface area contributed by atoms with E-state index in [0.29, 0.717) is 29.7 Å². The summed E-state index contributed by atoms with van der Waals surface area (Å²) in [6.45, 7) is 5.54. The summed E-state index contributed by atoms with van der Waals surface area (Å²) < 4.78 is 23.7. The molecule has 0 aliphatic rings. The van der Waals surface area contributed by atoms with Crippen LogP contribution in [0.2, 0.25) is 0 Å². The third-order valence-corrected chi connectivity index (χ3v) is 7.37. The van der Waals surface area contributed by atoms with E-state index >= 15 is 0 Å². The summed E-state index contributed by atoms with van der Waals surface area (Å²) >= 11 is 0. The standard InChI is InChI=1S/C24H34N3O7P/c1-4-6-7-9-18(15-22(28)27-31)23(29)25-16-26-24(30)21-13-12-20(34-21)17-10-8-11-19(14-17)35(3,32)33-5-2/h8,10-14,18,31H,4-7,9,15-16H2,1-3H3,(H,25,29)(H,26,30)(H,27,28)/t18-,35?/m1/s1. The zero-order valence-corrected chi connectivity index (χ0v) is 21.2. The molecule has 0 bridgehead atoms. The Labute approximate surface area is 205 Å². The molecule has 0 spiro atoms. The van der Waals surface area contributed by atoms with E-state index in [1.807, 2.05) is 6.92 Å². The van der Waals surface area contributed by atoms with Crippen LogP contribution in [0, 0.1) is 5.92 Å². The van der Waals surface area contributed by atoms with Gasteiger partial charge in [-0.05, 0) is 37.6 Å². The summed E-state index contributed by atoms with van der Waals surface area (Å²) in [4.78, 5) is 36.5. The van der Waals surface area contributed by atoms with Gasteiger partial charge in [-0.1, -0.05) is 38.3 Å². The van der Waals surface area contributed by atoms with E-state index in [4.69, 9.17) is 14.1 Å². The normalized spacial score (nSPS) is 13.5. The summed E-state index contributed by atoms with van der Waals surface area (Å²) in [6, 6.07) is 10.1. The van der Waals surface area contributed by atoms with Crippen LogP contribution in [-0.2, 0) is 18.7 Å². The number of hydrogen-bond acceptors (Lipinski definition) is 7. The number of unbranched alkanes of at least 4 members (excludes halogenated alkanes) is 2. The molecular weight excluding hydrogens is 473 g/mol. The van der Waals surface area contributed by atoms with Crippen molar-refractivity contribution in [1.82, 2.24) is 16.1 Å². The van der Waals surface area contributed by atoms with Crippen molar-refractivity contribution >= 4 is 30.4 Å². The monoisotopic (exact) mass is 507 g/mol. The fourth-order valence-corrected chi connectivity index (χ4v) is 4.90. The van der Waals surface area contributed by atoms with Gasteiger partial charge in [-0.15, -0.1) is 0 Å². The van der Waals surface area contributed by atoms with Crippen molar-refractivity contribution in [2.75, 3.05) is 19.9 Å². The molecule has 192 valence electrons. The quantitative estimate of drug-likeness (QED) is 0.101. The number of hydrogen-bond donors (Lipinski definition) is 4. The lowest BCUT2D eigenvalue weighted by Crippen LogP contribution is -2.41. The Morgan fingerprint density at radius 2 is 1.89 bits per heavy atom. The van der Waals surface area contributed by atoms with Gasteiger partial charge in [0.25, 0.3) is 5.91 Å². The molecular formula is C24H34N3O7P. The number of rotatable bonds is 14. The zero-order chi connectivity index (χ0) is 25.8. The second-order valence-corrected chi connectivity index (χ2v) is 10.6. The molecule has 2 aromatic rings. The first kappa shape index (κ1) is 28.3. The van der Waals surface area contributed by atoms with Gasteiger partial charge in [0, 0.05) is 29.9 Å². The van der Waals surface area contributed by atoms with Gasteiger partial charge in [0.2, 0.25) is 19.2 Å². The molecule has 1 aromatic heterocycles. The fourth-order valence-electron chi connectivity index (χ4n) is 3.53. The highest BCUT2D eigenvalue weighted by Gasteiger charge is 2.22. The lowest BCUT2D eigenvalue weighted by Gasteiger charge is -2.16. The number of carbonyl (C=O) groups excluding carboxylic acids is 3. The van der Waals surface area contributed by atoms with Crippen LogP contribution in [0.5, 0.6) is 0 Å². The van der Waals surface area contributed by atoms with Crippen LogP contribution in [0.3, 0.4) is 0 Å². The molecule has 10 nitrogen and oxygen atoms in total. The molecule has 0 fully saturated rings. The van der Waals surface area contributed by atoms with Gasteiger partial charge in [0.15, 0.2) is 5.76 Å². The topological polar surface area (TPSA) is 147 Å². The molecule has 0 saturated carbocycles. The maximum atomic E-state index is 12.7. The Morgan fingerprint density at radius 1 is 1.11 bits per heavy atom. The number of hydroxylamine groups is 1. The number of nitrogens with one attached hydrogen (secondary N) is 3. The molecule has 1 heterocycles. The van der Waals surface area contributed by atoms with Crippen molar-refractivity contribution in [3.05, 3.63) is 42.2 Å². The number of benzene rings is 1. The fraction of sp³-hybridized carbons (Fsp3) is 0.458. The van der Waals surface area contributed by atoms with Crippen molar-refractivity contribution < 1.29 is 33.1 Å². The molecule has 1 aromatic carbocycles. The average molecular weight is 508 g/mol.